The minimum Gasteiger partial charge on any atom is -0.370 e. The van der Waals surface area contributed by atoms with Gasteiger partial charge in [0.1, 0.15) is 6.61 Å². The highest BCUT2D eigenvalue weighted by molar-refractivity contribution is 6.20. The number of ether oxygens (including phenoxy) is 1. The number of alkyl halides is 4. The number of hydrogen-bond donors (Lipinski definition) is 0. The maximum Gasteiger partial charge on any atom is 0.411 e. The summed E-state index contributed by atoms with van der Waals surface area (Å²) in [6.07, 6.45) is -4.31. The van der Waals surface area contributed by atoms with Gasteiger partial charge in [-0.3, -0.25) is 0 Å². The number of benzene rings is 1. The number of hydrogen-bond acceptors (Lipinski definition) is 1. The molecule has 1 unspecified atom stereocenters. The maximum atomic E-state index is 11.9. The predicted molar refractivity (Wildman–Crippen MR) is 70.6 cm³/mol. The Hall–Kier alpha value is -0.740. The zero-order valence-electron chi connectivity index (χ0n) is 11.2. The summed E-state index contributed by atoms with van der Waals surface area (Å²) in [6, 6.07) is 7.54. The van der Waals surface area contributed by atoms with Gasteiger partial charge in [0.15, 0.2) is 0 Å². The molecule has 1 atom stereocenters. The molecule has 0 fully saturated rings. The molecule has 19 heavy (non-hydrogen) atoms. The Labute approximate surface area is 116 Å². The monoisotopic (exact) mass is 294 g/mol. The molecule has 0 spiro atoms. The Morgan fingerprint density at radius 3 is 2.05 bits per heavy atom. The molecule has 1 aromatic rings. The third kappa shape index (κ3) is 5.83. The fraction of sp³-hybridized carbons (Fsp3) is 0.571. The van der Waals surface area contributed by atoms with Crippen molar-refractivity contribution >= 4 is 11.6 Å². The van der Waals surface area contributed by atoms with Crippen LogP contribution in [0.5, 0.6) is 0 Å². The molecule has 1 aromatic carbocycles. The van der Waals surface area contributed by atoms with Crippen molar-refractivity contribution in [2.24, 2.45) is 0 Å². The van der Waals surface area contributed by atoms with Gasteiger partial charge in [-0.1, -0.05) is 45.0 Å². The molecule has 0 aliphatic heterocycles. The lowest BCUT2D eigenvalue weighted by Crippen LogP contribution is -2.18. The van der Waals surface area contributed by atoms with Crippen LogP contribution in [0.25, 0.3) is 0 Å². The lowest BCUT2D eigenvalue weighted by Gasteiger charge is -2.20. The minimum atomic E-state index is -4.31. The van der Waals surface area contributed by atoms with Crippen molar-refractivity contribution in [3.63, 3.8) is 0 Å². The van der Waals surface area contributed by atoms with Gasteiger partial charge in [0, 0.05) is 0 Å². The fourth-order valence-electron chi connectivity index (χ4n) is 1.57. The summed E-state index contributed by atoms with van der Waals surface area (Å²) in [7, 11) is 0. The summed E-state index contributed by atoms with van der Waals surface area (Å²) in [6.45, 7) is 4.85. The summed E-state index contributed by atoms with van der Waals surface area (Å²) in [5.74, 6) is 0. The van der Waals surface area contributed by atoms with E-state index < -0.39 is 18.2 Å². The highest BCUT2D eigenvalue weighted by Gasteiger charge is 2.27. The summed E-state index contributed by atoms with van der Waals surface area (Å²) < 4.78 is 40.3. The van der Waals surface area contributed by atoms with E-state index in [9.17, 15) is 13.2 Å². The van der Waals surface area contributed by atoms with E-state index in [1.807, 2.05) is 24.3 Å². The van der Waals surface area contributed by atoms with E-state index in [0.717, 1.165) is 11.1 Å². The lowest BCUT2D eigenvalue weighted by atomic mass is 9.86. The van der Waals surface area contributed by atoms with Crippen molar-refractivity contribution in [1.82, 2.24) is 0 Å². The van der Waals surface area contributed by atoms with E-state index >= 15 is 0 Å². The molecule has 1 nitrogen and oxygen atoms in total. The van der Waals surface area contributed by atoms with Crippen LogP contribution in [-0.2, 0) is 10.2 Å². The maximum absolute atomic E-state index is 11.9. The molecule has 0 N–H and O–H groups in total. The molecule has 0 saturated carbocycles. The normalized spacial score (nSPS) is 14.5. The zero-order chi connectivity index (χ0) is 14.7. The van der Waals surface area contributed by atoms with Crippen molar-refractivity contribution < 1.29 is 17.9 Å². The Bertz CT molecular complexity index is 393. The molecular weight excluding hydrogens is 277 g/mol. The van der Waals surface area contributed by atoms with Crippen LogP contribution in [0.2, 0.25) is 0 Å². The molecule has 0 aliphatic carbocycles. The molecule has 5 heteroatoms. The van der Waals surface area contributed by atoms with Gasteiger partial charge >= 0.3 is 6.18 Å². The smallest absolute Gasteiger partial charge is 0.370 e. The van der Waals surface area contributed by atoms with Gasteiger partial charge in [0.2, 0.25) is 0 Å². The van der Waals surface area contributed by atoms with Crippen LogP contribution in [0.1, 0.15) is 37.3 Å². The largest absolute Gasteiger partial charge is 0.411 e. The molecule has 0 amide bonds. The molecule has 108 valence electrons. The Morgan fingerprint density at radius 2 is 1.63 bits per heavy atom. The molecule has 0 aliphatic rings. The van der Waals surface area contributed by atoms with E-state index in [4.69, 9.17) is 11.6 Å². The van der Waals surface area contributed by atoms with Crippen LogP contribution in [-0.4, -0.2) is 19.4 Å². The predicted octanol–water partition coefficient (Wildman–Crippen LogP) is 4.84. The molecular formula is C14H18ClF3O. The van der Waals surface area contributed by atoms with E-state index in [0.29, 0.717) is 0 Å². The van der Waals surface area contributed by atoms with Crippen LogP contribution in [0, 0.1) is 0 Å². The van der Waals surface area contributed by atoms with Gasteiger partial charge < -0.3 is 4.74 Å². The number of halogens is 4. The summed E-state index contributed by atoms with van der Waals surface area (Å²) >= 11 is 6.01. The molecule has 0 radical (unpaired) electrons. The third-order valence-corrected chi connectivity index (χ3v) is 3.05. The summed E-state index contributed by atoms with van der Waals surface area (Å²) in [4.78, 5) is 0. The molecule has 0 bridgehead atoms. The van der Waals surface area contributed by atoms with Crippen LogP contribution >= 0.6 is 11.6 Å². The second-order valence-electron chi connectivity index (χ2n) is 5.47. The second-order valence-corrected chi connectivity index (χ2v) is 6.00. The van der Waals surface area contributed by atoms with Crippen LogP contribution in [0.15, 0.2) is 24.3 Å². The molecule has 0 aromatic heterocycles. The lowest BCUT2D eigenvalue weighted by molar-refractivity contribution is -0.173. The highest BCUT2D eigenvalue weighted by atomic mass is 35.5. The van der Waals surface area contributed by atoms with Crippen molar-refractivity contribution in [3.05, 3.63) is 35.4 Å². The first-order valence-corrected chi connectivity index (χ1v) is 6.42. The zero-order valence-corrected chi connectivity index (χ0v) is 12.0. The Kier molecular flexibility index (Phi) is 5.27. The molecule has 1 rings (SSSR count). The number of rotatable bonds is 4. The van der Waals surface area contributed by atoms with Gasteiger partial charge in [0.05, 0.1) is 12.0 Å². The van der Waals surface area contributed by atoms with Crippen molar-refractivity contribution in [2.45, 2.75) is 37.7 Å². The quantitative estimate of drug-likeness (QED) is 0.722. The van der Waals surface area contributed by atoms with E-state index in [1.165, 1.54) is 0 Å². The minimum absolute atomic E-state index is 0.0348. The summed E-state index contributed by atoms with van der Waals surface area (Å²) in [5.41, 5.74) is 1.95. The van der Waals surface area contributed by atoms with Crippen molar-refractivity contribution in [1.29, 1.82) is 0 Å². The SMILES string of the molecule is CC(C)(C)c1ccc(C(Cl)COCC(F)(F)F)cc1. The molecule has 0 saturated heterocycles. The van der Waals surface area contributed by atoms with Gasteiger partial charge in [-0.05, 0) is 16.5 Å². The average molecular weight is 295 g/mol. The standard InChI is InChI=1S/C14H18ClF3O/c1-13(2,3)11-6-4-10(5-7-11)12(15)8-19-9-14(16,17)18/h4-7,12H,8-9H2,1-3H3. The van der Waals surface area contributed by atoms with Gasteiger partial charge in [-0.25, -0.2) is 0 Å². The third-order valence-electron chi connectivity index (χ3n) is 2.67. The van der Waals surface area contributed by atoms with Gasteiger partial charge in [0.25, 0.3) is 0 Å². The van der Waals surface area contributed by atoms with E-state index in [1.54, 1.807) is 0 Å². The van der Waals surface area contributed by atoms with Crippen LogP contribution in [0.4, 0.5) is 13.2 Å². The van der Waals surface area contributed by atoms with Crippen molar-refractivity contribution in [2.75, 3.05) is 13.2 Å². The topological polar surface area (TPSA) is 9.23 Å². The Balaban J connectivity index is 2.56. The van der Waals surface area contributed by atoms with E-state index in [2.05, 4.69) is 25.5 Å². The fourth-order valence-corrected chi connectivity index (χ4v) is 1.80. The first-order valence-electron chi connectivity index (χ1n) is 5.98. The van der Waals surface area contributed by atoms with Crippen molar-refractivity contribution in [3.8, 4) is 0 Å². The summed E-state index contributed by atoms with van der Waals surface area (Å²) in [5, 5.41) is -0.573. The highest BCUT2D eigenvalue weighted by Crippen LogP contribution is 2.27. The Morgan fingerprint density at radius 1 is 1.11 bits per heavy atom. The second kappa shape index (κ2) is 6.14. The van der Waals surface area contributed by atoms with Crippen LogP contribution < -0.4 is 0 Å². The first kappa shape index (κ1) is 16.3. The van der Waals surface area contributed by atoms with Gasteiger partial charge in [-0.15, -0.1) is 11.6 Å². The first-order chi connectivity index (χ1) is 8.59. The van der Waals surface area contributed by atoms with E-state index in [-0.39, 0.29) is 12.0 Å². The average Bonchev–Trinajstić information content (AvgIpc) is 2.26. The molecule has 0 heterocycles. The van der Waals surface area contributed by atoms with Gasteiger partial charge in [-0.2, -0.15) is 13.2 Å². The van der Waals surface area contributed by atoms with Crippen LogP contribution in [0.3, 0.4) is 0 Å².